The number of aromatic nitrogens is 1. The van der Waals surface area contributed by atoms with Crippen LogP contribution in [-0.4, -0.2) is 45.2 Å². The molecule has 1 atom stereocenters. The Kier molecular flexibility index (Phi) is 5.50. The highest BCUT2D eigenvalue weighted by atomic mass is 16.6. The van der Waals surface area contributed by atoms with Crippen LogP contribution < -0.4 is 5.76 Å². The van der Waals surface area contributed by atoms with E-state index in [9.17, 15) is 14.9 Å². The smallest absolute Gasteiger partial charge is 0.408 e. The summed E-state index contributed by atoms with van der Waals surface area (Å²) in [6, 6.07) is 4.70. The van der Waals surface area contributed by atoms with Gasteiger partial charge in [-0.05, 0) is 44.7 Å². The summed E-state index contributed by atoms with van der Waals surface area (Å²) in [6.07, 6.45) is 4.90. The van der Waals surface area contributed by atoms with Gasteiger partial charge < -0.3 is 14.4 Å². The number of aryl methyl sites for hydroxylation is 1. The minimum absolute atomic E-state index is 0.0503. The SMILES string of the molecule is O=c1oc2ccc([N+](=O)[O-])cc2n1CCCN1CCCC1CCCO. The molecule has 25 heavy (non-hydrogen) atoms. The molecule has 0 bridgehead atoms. The largest absolute Gasteiger partial charge is 0.419 e. The summed E-state index contributed by atoms with van der Waals surface area (Å²) in [7, 11) is 0. The van der Waals surface area contributed by atoms with Gasteiger partial charge in [0.1, 0.15) is 0 Å². The molecule has 8 nitrogen and oxygen atoms in total. The molecule has 1 saturated heterocycles. The van der Waals surface area contributed by atoms with E-state index in [1.165, 1.54) is 22.8 Å². The van der Waals surface area contributed by atoms with Crippen LogP contribution in [0.3, 0.4) is 0 Å². The topological polar surface area (TPSA) is 102 Å². The quantitative estimate of drug-likeness (QED) is 0.578. The van der Waals surface area contributed by atoms with Gasteiger partial charge in [-0.3, -0.25) is 14.7 Å². The molecule has 1 N–H and O–H groups in total. The van der Waals surface area contributed by atoms with E-state index in [1.807, 2.05) is 0 Å². The number of rotatable bonds is 8. The van der Waals surface area contributed by atoms with Gasteiger partial charge in [-0.2, -0.15) is 0 Å². The first kappa shape index (κ1) is 17.6. The second kappa shape index (κ2) is 7.79. The Morgan fingerprint density at radius 2 is 2.16 bits per heavy atom. The summed E-state index contributed by atoms with van der Waals surface area (Å²) >= 11 is 0. The van der Waals surface area contributed by atoms with Gasteiger partial charge in [0.25, 0.3) is 5.69 Å². The number of nitro groups is 1. The van der Waals surface area contributed by atoms with Crippen molar-refractivity contribution in [2.24, 2.45) is 0 Å². The lowest BCUT2D eigenvalue weighted by molar-refractivity contribution is -0.384. The van der Waals surface area contributed by atoms with Gasteiger partial charge in [-0.1, -0.05) is 0 Å². The molecule has 3 rings (SSSR count). The predicted octanol–water partition coefficient (Wildman–Crippen LogP) is 2.13. The maximum Gasteiger partial charge on any atom is 0.419 e. The van der Waals surface area contributed by atoms with Crippen molar-refractivity contribution in [3.63, 3.8) is 0 Å². The van der Waals surface area contributed by atoms with Crippen molar-refractivity contribution in [3.05, 3.63) is 38.9 Å². The van der Waals surface area contributed by atoms with Gasteiger partial charge >= 0.3 is 5.76 Å². The minimum Gasteiger partial charge on any atom is -0.408 e. The highest BCUT2D eigenvalue weighted by Gasteiger charge is 2.23. The van der Waals surface area contributed by atoms with E-state index < -0.39 is 10.7 Å². The summed E-state index contributed by atoms with van der Waals surface area (Å²) in [5.41, 5.74) is 0.792. The van der Waals surface area contributed by atoms with E-state index in [1.54, 1.807) is 0 Å². The zero-order chi connectivity index (χ0) is 17.8. The van der Waals surface area contributed by atoms with Crippen LogP contribution in [-0.2, 0) is 6.54 Å². The first-order chi connectivity index (χ1) is 12.1. The zero-order valence-electron chi connectivity index (χ0n) is 14.1. The second-order valence-electron chi connectivity index (χ2n) is 6.48. The normalized spacial score (nSPS) is 18.2. The van der Waals surface area contributed by atoms with Crippen molar-refractivity contribution >= 4 is 16.8 Å². The van der Waals surface area contributed by atoms with Gasteiger partial charge in [0.05, 0.1) is 10.4 Å². The molecule has 0 amide bonds. The molecule has 8 heteroatoms. The fourth-order valence-corrected chi connectivity index (χ4v) is 3.65. The van der Waals surface area contributed by atoms with Crippen LogP contribution in [0.25, 0.3) is 11.1 Å². The van der Waals surface area contributed by atoms with Gasteiger partial charge in [0.2, 0.25) is 0 Å². The number of non-ortho nitro benzene ring substituents is 1. The van der Waals surface area contributed by atoms with Gasteiger partial charge in [0, 0.05) is 37.9 Å². The van der Waals surface area contributed by atoms with Crippen molar-refractivity contribution < 1.29 is 14.4 Å². The summed E-state index contributed by atoms with van der Waals surface area (Å²) in [6.45, 7) is 2.60. The second-order valence-corrected chi connectivity index (χ2v) is 6.48. The Bertz CT molecular complexity index is 797. The maximum atomic E-state index is 12.0. The third-order valence-corrected chi connectivity index (χ3v) is 4.88. The maximum absolute atomic E-state index is 12.0. The monoisotopic (exact) mass is 349 g/mol. The van der Waals surface area contributed by atoms with Gasteiger partial charge in [-0.25, -0.2) is 4.79 Å². The highest BCUT2D eigenvalue weighted by molar-refractivity contribution is 5.75. The first-order valence-electron chi connectivity index (χ1n) is 8.73. The number of nitro benzene ring substituents is 1. The van der Waals surface area contributed by atoms with E-state index in [4.69, 9.17) is 9.52 Å². The Labute approximate surface area is 144 Å². The first-order valence-corrected chi connectivity index (χ1v) is 8.73. The lowest BCUT2D eigenvalue weighted by Gasteiger charge is -2.24. The number of likely N-dealkylation sites (tertiary alicyclic amines) is 1. The van der Waals surface area contributed by atoms with E-state index in [-0.39, 0.29) is 12.3 Å². The van der Waals surface area contributed by atoms with Crippen molar-refractivity contribution in [2.45, 2.75) is 44.7 Å². The molecule has 0 saturated carbocycles. The van der Waals surface area contributed by atoms with Crippen molar-refractivity contribution in [1.29, 1.82) is 0 Å². The third kappa shape index (κ3) is 3.91. The number of hydrogen-bond acceptors (Lipinski definition) is 6. The Morgan fingerprint density at radius 1 is 1.32 bits per heavy atom. The molecular weight excluding hydrogens is 326 g/mol. The van der Waals surface area contributed by atoms with Crippen LogP contribution in [0.4, 0.5) is 5.69 Å². The summed E-state index contributed by atoms with van der Waals surface area (Å²) < 4.78 is 6.65. The Hall–Kier alpha value is -2.19. The molecule has 0 aliphatic carbocycles. The molecule has 1 unspecified atom stereocenters. The van der Waals surface area contributed by atoms with E-state index in [0.717, 1.165) is 45.2 Å². The molecule has 1 aliphatic heterocycles. The van der Waals surface area contributed by atoms with Gasteiger partial charge in [0.15, 0.2) is 5.58 Å². The van der Waals surface area contributed by atoms with E-state index >= 15 is 0 Å². The molecule has 0 radical (unpaired) electrons. The molecule has 2 aromatic rings. The number of aliphatic hydroxyl groups excluding tert-OH is 1. The van der Waals surface area contributed by atoms with Gasteiger partial charge in [-0.15, -0.1) is 0 Å². The fourth-order valence-electron chi connectivity index (χ4n) is 3.65. The predicted molar refractivity (Wildman–Crippen MR) is 92.7 cm³/mol. The van der Waals surface area contributed by atoms with E-state index in [2.05, 4.69) is 4.90 Å². The number of aliphatic hydroxyl groups is 1. The number of fused-ring (bicyclic) bond motifs is 1. The number of hydrogen-bond donors (Lipinski definition) is 1. The minimum atomic E-state index is -0.478. The lowest BCUT2D eigenvalue weighted by atomic mass is 10.1. The van der Waals surface area contributed by atoms with E-state index in [0.29, 0.717) is 23.7 Å². The standard InChI is InChI=1S/C17H23N3O5/c21-11-2-5-13-4-1-8-18(13)9-3-10-19-15-12-14(20(23)24)6-7-16(15)25-17(19)22/h6-7,12-13,21H,1-5,8-11H2. The molecule has 0 spiro atoms. The molecule has 1 aromatic carbocycles. The number of benzene rings is 1. The van der Waals surface area contributed by atoms with Crippen molar-refractivity contribution in [2.75, 3.05) is 19.7 Å². The van der Waals surface area contributed by atoms with Crippen LogP contribution in [0.1, 0.15) is 32.1 Å². The van der Waals surface area contributed by atoms with Crippen LogP contribution in [0.5, 0.6) is 0 Å². The van der Waals surface area contributed by atoms with Crippen molar-refractivity contribution in [3.8, 4) is 0 Å². The third-order valence-electron chi connectivity index (χ3n) is 4.88. The van der Waals surface area contributed by atoms with Crippen LogP contribution in [0, 0.1) is 10.1 Å². The molecular formula is C17H23N3O5. The molecule has 136 valence electrons. The average Bonchev–Trinajstić information content (AvgIpc) is 3.16. The summed E-state index contributed by atoms with van der Waals surface area (Å²) in [5.74, 6) is -0.478. The zero-order valence-corrected chi connectivity index (χ0v) is 14.1. The van der Waals surface area contributed by atoms with Crippen LogP contribution in [0.15, 0.2) is 27.4 Å². The number of nitrogens with zero attached hydrogens (tertiary/aromatic N) is 3. The van der Waals surface area contributed by atoms with Crippen molar-refractivity contribution in [1.82, 2.24) is 9.47 Å². The average molecular weight is 349 g/mol. The Morgan fingerprint density at radius 3 is 2.92 bits per heavy atom. The summed E-state index contributed by atoms with van der Waals surface area (Å²) in [4.78, 5) is 24.9. The summed E-state index contributed by atoms with van der Waals surface area (Å²) in [5, 5.41) is 19.9. The molecule has 1 aliphatic rings. The molecule has 2 heterocycles. The highest BCUT2D eigenvalue weighted by Crippen LogP contribution is 2.23. The lowest BCUT2D eigenvalue weighted by Crippen LogP contribution is -2.31. The molecule has 1 aromatic heterocycles. The number of oxazole rings is 1. The van der Waals surface area contributed by atoms with Crippen LogP contribution in [0.2, 0.25) is 0 Å². The Balaban J connectivity index is 1.66. The molecule has 1 fully saturated rings. The van der Waals surface area contributed by atoms with Crippen LogP contribution >= 0.6 is 0 Å². The fraction of sp³-hybridized carbons (Fsp3) is 0.588.